The maximum absolute atomic E-state index is 13.9. The van der Waals surface area contributed by atoms with E-state index >= 15 is 0 Å². The van der Waals surface area contributed by atoms with Gasteiger partial charge in [-0.05, 0) is 31.4 Å². The molecule has 86 valence electrons. The van der Waals surface area contributed by atoms with E-state index in [1.807, 2.05) is 31.2 Å². The first-order chi connectivity index (χ1) is 7.81. The van der Waals surface area contributed by atoms with Gasteiger partial charge in [0.15, 0.2) is 0 Å². The van der Waals surface area contributed by atoms with Crippen LogP contribution in [-0.2, 0) is 6.42 Å². The first kappa shape index (κ1) is 11.3. The van der Waals surface area contributed by atoms with Gasteiger partial charge in [-0.2, -0.15) is 0 Å². The van der Waals surface area contributed by atoms with Gasteiger partial charge < -0.3 is 5.32 Å². The van der Waals surface area contributed by atoms with Crippen molar-refractivity contribution in [3.63, 3.8) is 0 Å². The van der Waals surface area contributed by atoms with E-state index < -0.39 is 0 Å². The zero-order chi connectivity index (χ0) is 11.4. The quantitative estimate of drug-likeness (QED) is 0.823. The Kier molecular flexibility index (Phi) is 3.73. The molecule has 0 aliphatic carbocycles. The minimum atomic E-state index is -0.0701. The maximum atomic E-state index is 13.9. The van der Waals surface area contributed by atoms with Gasteiger partial charge in [-0.3, -0.25) is 0 Å². The highest BCUT2D eigenvalue weighted by Gasteiger charge is 2.10. The Morgan fingerprint density at radius 3 is 3.06 bits per heavy atom. The second-order valence-corrected chi connectivity index (χ2v) is 4.24. The Hall–Kier alpha value is -1.15. The molecule has 1 aromatic carbocycles. The minimum absolute atomic E-state index is 0.0701. The zero-order valence-corrected chi connectivity index (χ0v) is 9.67. The molecule has 1 fully saturated rings. The Labute approximate surface area is 96.4 Å². The van der Waals surface area contributed by atoms with E-state index in [0.717, 1.165) is 24.9 Å². The summed E-state index contributed by atoms with van der Waals surface area (Å²) in [6, 6.07) is 6.02. The topological polar surface area (TPSA) is 12.0 Å². The fourth-order valence-electron chi connectivity index (χ4n) is 2.10. The van der Waals surface area contributed by atoms with Crippen molar-refractivity contribution in [1.29, 1.82) is 0 Å². The molecule has 1 N–H and O–H groups in total. The third-order valence-corrected chi connectivity index (χ3v) is 3.10. The van der Waals surface area contributed by atoms with Crippen LogP contribution in [0.2, 0.25) is 0 Å². The molecule has 0 saturated carbocycles. The first-order valence-electron chi connectivity index (χ1n) is 6.00. The Balaban J connectivity index is 2.14. The minimum Gasteiger partial charge on any atom is -0.311 e. The Morgan fingerprint density at radius 2 is 2.38 bits per heavy atom. The molecule has 1 nitrogen and oxygen atoms in total. The van der Waals surface area contributed by atoms with Crippen LogP contribution in [0, 0.1) is 5.82 Å². The van der Waals surface area contributed by atoms with E-state index in [0.29, 0.717) is 11.6 Å². The van der Waals surface area contributed by atoms with Crippen molar-refractivity contribution < 1.29 is 4.39 Å². The third kappa shape index (κ3) is 2.50. The molecule has 0 spiro atoms. The molecular formula is C14H18FN. The van der Waals surface area contributed by atoms with Crippen molar-refractivity contribution in [3.05, 3.63) is 41.2 Å². The lowest BCUT2D eigenvalue weighted by Gasteiger charge is -2.05. The summed E-state index contributed by atoms with van der Waals surface area (Å²) in [5, 5.41) is 3.37. The summed E-state index contributed by atoms with van der Waals surface area (Å²) in [5.41, 5.74) is 1.49. The molecule has 1 aromatic rings. The predicted octanol–water partition coefficient (Wildman–Crippen LogP) is 3.15. The molecule has 0 aromatic heterocycles. The van der Waals surface area contributed by atoms with Crippen molar-refractivity contribution >= 4 is 6.08 Å². The third-order valence-electron chi connectivity index (χ3n) is 3.10. The standard InChI is InChI=1S/C14H18FN/c1-2-11-5-3-6-12(14(11)15)8-9-13-7-4-10-16-13/h3,5-6,8-9,13,16H,2,4,7,10H2,1H3/b9-8+/t13-/m1/s1. The summed E-state index contributed by atoms with van der Waals surface area (Å²) in [6.45, 7) is 3.05. The van der Waals surface area contributed by atoms with Crippen LogP contribution in [0.5, 0.6) is 0 Å². The molecule has 0 radical (unpaired) electrons. The van der Waals surface area contributed by atoms with E-state index in [1.54, 1.807) is 0 Å². The summed E-state index contributed by atoms with van der Waals surface area (Å²) in [6.07, 6.45) is 7.09. The molecule has 1 atom stereocenters. The van der Waals surface area contributed by atoms with Crippen LogP contribution < -0.4 is 5.32 Å². The number of nitrogens with one attached hydrogen (secondary N) is 1. The van der Waals surface area contributed by atoms with Gasteiger partial charge in [0.25, 0.3) is 0 Å². The van der Waals surface area contributed by atoms with E-state index in [4.69, 9.17) is 0 Å². The van der Waals surface area contributed by atoms with E-state index in [1.165, 1.54) is 6.42 Å². The summed E-state index contributed by atoms with van der Waals surface area (Å²) in [5.74, 6) is -0.0701. The first-order valence-corrected chi connectivity index (χ1v) is 6.00. The van der Waals surface area contributed by atoms with Crippen molar-refractivity contribution in [2.45, 2.75) is 32.2 Å². The van der Waals surface area contributed by atoms with Gasteiger partial charge in [-0.15, -0.1) is 0 Å². The normalized spacial score (nSPS) is 20.8. The average molecular weight is 219 g/mol. The molecule has 0 amide bonds. The number of aryl methyl sites for hydroxylation is 1. The van der Waals surface area contributed by atoms with Crippen LogP contribution in [0.25, 0.3) is 6.08 Å². The Bertz CT molecular complexity index is 378. The van der Waals surface area contributed by atoms with Crippen LogP contribution in [-0.4, -0.2) is 12.6 Å². The number of halogens is 1. The van der Waals surface area contributed by atoms with Crippen LogP contribution in [0.3, 0.4) is 0 Å². The van der Waals surface area contributed by atoms with Crippen LogP contribution in [0.15, 0.2) is 24.3 Å². The van der Waals surface area contributed by atoms with Gasteiger partial charge in [-0.1, -0.05) is 37.3 Å². The van der Waals surface area contributed by atoms with Crippen LogP contribution in [0.1, 0.15) is 30.9 Å². The van der Waals surface area contributed by atoms with Gasteiger partial charge in [-0.25, -0.2) is 4.39 Å². The second-order valence-electron chi connectivity index (χ2n) is 4.24. The van der Waals surface area contributed by atoms with Crippen molar-refractivity contribution in [1.82, 2.24) is 5.32 Å². The SMILES string of the molecule is CCc1cccc(/C=C/[C@H]2CCCN2)c1F. The zero-order valence-electron chi connectivity index (χ0n) is 9.67. The van der Waals surface area contributed by atoms with Gasteiger partial charge in [0.2, 0.25) is 0 Å². The van der Waals surface area contributed by atoms with Gasteiger partial charge in [0, 0.05) is 11.6 Å². The number of hydrogen-bond donors (Lipinski definition) is 1. The van der Waals surface area contributed by atoms with Crippen molar-refractivity contribution in [2.75, 3.05) is 6.54 Å². The molecule has 0 unspecified atom stereocenters. The van der Waals surface area contributed by atoms with Gasteiger partial charge in [0.05, 0.1) is 0 Å². The number of rotatable bonds is 3. The molecule has 16 heavy (non-hydrogen) atoms. The molecule has 1 aliphatic heterocycles. The lowest BCUT2D eigenvalue weighted by Crippen LogP contribution is -2.18. The number of hydrogen-bond acceptors (Lipinski definition) is 1. The summed E-state index contributed by atoms with van der Waals surface area (Å²) in [7, 11) is 0. The molecule has 0 bridgehead atoms. The molecular weight excluding hydrogens is 201 g/mol. The predicted molar refractivity (Wildman–Crippen MR) is 65.8 cm³/mol. The molecule has 1 heterocycles. The smallest absolute Gasteiger partial charge is 0.133 e. The molecule has 1 aliphatic rings. The molecule has 2 heteroatoms. The lowest BCUT2D eigenvalue weighted by atomic mass is 10.1. The van der Waals surface area contributed by atoms with E-state index in [-0.39, 0.29) is 5.82 Å². The van der Waals surface area contributed by atoms with Crippen molar-refractivity contribution in [3.8, 4) is 0 Å². The summed E-state index contributed by atoms with van der Waals surface area (Å²) in [4.78, 5) is 0. The fourth-order valence-corrected chi connectivity index (χ4v) is 2.10. The molecule has 2 rings (SSSR count). The van der Waals surface area contributed by atoms with Crippen LogP contribution >= 0.6 is 0 Å². The Morgan fingerprint density at radius 1 is 1.50 bits per heavy atom. The van der Waals surface area contributed by atoms with Gasteiger partial charge >= 0.3 is 0 Å². The molecule has 1 saturated heterocycles. The van der Waals surface area contributed by atoms with Crippen molar-refractivity contribution in [2.24, 2.45) is 0 Å². The second kappa shape index (κ2) is 5.26. The monoisotopic (exact) mass is 219 g/mol. The summed E-state index contributed by atoms with van der Waals surface area (Å²) < 4.78 is 13.9. The van der Waals surface area contributed by atoms with Gasteiger partial charge in [0.1, 0.15) is 5.82 Å². The lowest BCUT2D eigenvalue weighted by molar-refractivity contribution is 0.609. The van der Waals surface area contributed by atoms with E-state index in [9.17, 15) is 4.39 Å². The highest BCUT2D eigenvalue weighted by atomic mass is 19.1. The van der Waals surface area contributed by atoms with E-state index in [2.05, 4.69) is 11.4 Å². The highest BCUT2D eigenvalue weighted by Crippen LogP contribution is 2.16. The summed E-state index contributed by atoms with van der Waals surface area (Å²) >= 11 is 0. The average Bonchev–Trinajstić information content (AvgIpc) is 2.81. The maximum Gasteiger partial charge on any atom is 0.133 e. The highest BCUT2D eigenvalue weighted by molar-refractivity contribution is 5.52. The fraction of sp³-hybridized carbons (Fsp3) is 0.429. The number of benzene rings is 1. The van der Waals surface area contributed by atoms with Crippen LogP contribution in [0.4, 0.5) is 4.39 Å². The largest absolute Gasteiger partial charge is 0.311 e.